The van der Waals surface area contributed by atoms with Gasteiger partial charge in [0.25, 0.3) is 11.8 Å². The number of nitriles is 1. The molecule has 0 saturated carbocycles. The summed E-state index contributed by atoms with van der Waals surface area (Å²) >= 11 is 6.02. The summed E-state index contributed by atoms with van der Waals surface area (Å²) < 4.78 is 41.4. The molecule has 0 radical (unpaired) electrons. The number of hydrogen-bond acceptors (Lipinski definition) is 4. The number of nitrogens with zero attached hydrogens (tertiary/aromatic N) is 5. The van der Waals surface area contributed by atoms with Crippen LogP contribution in [0.3, 0.4) is 0 Å². The van der Waals surface area contributed by atoms with E-state index in [1.807, 2.05) is 13.0 Å². The van der Waals surface area contributed by atoms with Gasteiger partial charge in [0.05, 0.1) is 41.0 Å². The van der Waals surface area contributed by atoms with Gasteiger partial charge in [0.1, 0.15) is 11.8 Å². The lowest BCUT2D eigenvalue weighted by Crippen LogP contribution is -2.44. The highest BCUT2D eigenvalue weighted by atomic mass is 35.5. The van der Waals surface area contributed by atoms with Crippen LogP contribution in [0.15, 0.2) is 42.5 Å². The topological polar surface area (TPSA) is 82.2 Å². The second kappa shape index (κ2) is 9.48. The van der Waals surface area contributed by atoms with Gasteiger partial charge < -0.3 is 9.80 Å². The first kappa shape index (κ1) is 25.8. The van der Waals surface area contributed by atoms with Gasteiger partial charge in [-0.15, -0.1) is 0 Å². The predicted octanol–water partition coefficient (Wildman–Crippen LogP) is 5.23. The monoisotopic (exact) mass is 541 g/mol. The van der Waals surface area contributed by atoms with Crippen LogP contribution in [0.5, 0.6) is 0 Å². The normalized spacial score (nSPS) is 18.0. The van der Waals surface area contributed by atoms with Crippen molar-refractivity contribution in [2.24, 2.45) is 0 Å². The molecule has 0 aliphatic carbocycles. The Morgan fingerprint density at radius 2 is 1.97 bits per heavy atom. The minimum atomic E-state index is -4.48. The Hall–Kier alpha value is -3.84. The molecular formula is C27H23ClF3N5O2. The molecule has 2 amide bonds. The van der Waals surface area contributed by atoms with Crippen molar-refractivity contribution >= 4 is 23.4 Å². The fraction of sp³-hybridized carbons (Fsp3) is 0.333. The number of aromatic nitrogens is 2. The molecule has 7 nitrogen and oxygen atoms in total. The first-order chi connectivity index (χ1) is 18.0. The van der Waals surface area contributed by atoms with Crippen molar-refractivity contribution < 1.29 is 22.8 Å². The van der Waals surface area contributed by atoms with Crippen molar-refractivity contribution in [1.82, 2.24) is 19.6 Å². The molecule has 3 heterocycles. The van der Waals surface area contributed by atoms with Gasteiger partial charge in [-0.2, -0.15) is 23.5 Å². The molecule has 11 heteroatoms. The zero-order chi connectivity index (χ0) is 27.4. The molecule has 0 N–H and O–H groups in total. The molecule has 1 unspecified atom stereocenters. The Morgan fingerprint density at radius 1 is 1.21 bits per heavy atom. The summed E-state index contributed by atoms with van der Waals surface area (Å²) in [6.07, 6.45) is -4.04. The fourth-order valence-corrected chi connectivity index (χ4v) is 5.30. The molecule has 38 heavy (non-hydrogen) atoms. The van der Waals surface area contributed by atoms with E-state index < -0.39 is 17.8 Å². The molecule has 0 bridgehead atoms. The third-order valence-corrected chi connectivity index (χ3v) is 7.59. The van der Waals surface area contributed by atoms with Gasteiger partial charge >= 0.3 is 6.18 Å². The van der Waals surface area contributed by atoms with E-state index in [1.54, 1.807) is 33.5 Å². The van der Waals surface area contributed by atoms with Crippen molar-refractivity contribution in [2.75, 3.05) is 6.54 Å². The lowest BCUT2D eigenvalue weighted by Gasteiger charge is -2.35. The quantitative estimate of drug-likeness (QED) is 0.454. The number of halogens is 4. The highest BCUT2D eigenvalue weighted by Gasteiger charge is 2.39. The van der Waals surface area contributed by atoms with Crippen LogP contribution in [0.25, 0.3) is 0 Å². The molecule has 0 spiro atoms. The largest absolute Gasteiger partial charge is 0.416 e. The molecule has 1 aromatic heterocycles. The van der Waals surface area contributed by atoms with Crippen LogP contribution in [0, 0.1) is 11.3 Å². The molecule has 2 aromatic carbocycles. The molecule has 0 fully saturated rings. The van der Waals surface area contributed by atoms with E-state index in [2.05, 4.69) is 5.10 Å². The van der Waals surface area contributed by atoms with E-state index in [4.69, 9.17) is 11.6 Å². The Kier molecular flexibility index (Phi) is 6.43. The van der Waals surface area contributed by atoms with Gasteiger partial charge in [-0.1, -0.05) is 23.7 Å². The average molecular weight is 542 g/mol. The SMILES string of the molecule is CC(c1cccc(C(F)(F)F)c1)N1CCn2nc3c(c2C1=O)CN(C(=O)c1ccc(Cl)c(C#N)c1)[C@H](C)C3. The Bertz CT molecular complexity index is 1490. The van der Waals surface area contributed by atoms with Gasteiger partial charge in [-0.05, 0) is 49.7 Å². The van der Waals surface area contributed by atoms with Crippen LogP contribution in [-0.2, 0) is 25.7 Å². The third kappa shape index (κ3) is 4.41. The van der Waals surface area contributed by atoms with E-state index in [9.17, 15) is 28.0 Å². The van der Waals surface area contributed by atoms with E-state index in [-0.39, 0.29) is 35.0 Å². The average Bonchev–Trinajstić information content (AvgIpc) is 3.25. The summed E-state index contributed by atoms with van der Waals surface area (Å²) in [4.78, 5) is 30.3. The summed E-state index contributed by atoms with van der Waals surface area (Å²) in [6, 6.07) is 10.7. The van der Waals surface area contributed by atoms with Crippen molar-refractivity contribution in [2.45, 2.75) is 51.6 Å². The highest BCUT2D eigenvalue weighted by Crippen LogP contribution is 2.35. The molecular weight excluding hydrogens is 519 g/mol. The molecule has 0 saturated heterocycles. The van der Waals surface area contributed by atoms with E-state index in [0.29, 0.717) is 41.9 Å². The van der Waals surface area contributed by atoms with E-state index >= 15 is 0 Å². The standard InChI is InChI=1S/C27H23ClF3N5O2/c1-15-10-23-21(14-35(15)25(37)18-6-7-22(28)19(11-18)13-32)24-26(38)34(8-9-36(24)33-23)16(2)17-4-3-5-20(12-17)27(29,30)31/h3-7,11-12,15-16H,8-10,14H2,1-2H3/t15-,16?/m1/s1. The van der Waals surface area contributed by atoms with Crippen molar-refractivity contribution in [1.29, 1.82) is 5.26 Å². The van der Waals surface area contributed by atoms with Crippen LogP contribution in [0.1, 0.15) is 68.7 Å². The Balaban J connectivity index is 1.44. The lowest BCUT2D eigenvalue weighted by molar-refractivity contribution is -0.137. The smallest absolute Gasteiger partial charge is 0.331 e. The second-order valence-electron chi connectivity index (χ2n) is 9.59. The van der Waals surface area contributed by atoms with Crippen molar-refractivity contribution in [3.8, 4) is 6.07 Å². The zero-order valence-corrected chi connectivity index (χ0v) is 21.3. The van der Waals surface area contributed by atoms with Crippen LogP contribution >= 0.6 is 11.6 Å². The maximum atomic E-state index is 13.7. The number of benzene rings is 2. The van der Waals surface area contributed by atoms with E-state index in [1.165, 1.54) is 18.2 Å². The molecule has 2 atom stereocenters. The summed E-state index contributed by atoms with van der Waals surface area (Å²) in [5.74, 6) is -0.635. The van der Waals surface area contributed by atoms with Gasteiger partial charge in [-0.25, -0.2) is 0 Å². The minimum Gasteiger partial charge on any atom is -0.331 e. The van der Waals surface area contributed by atoms with Gasteiger partial charge in [0.15, 0.2) is 0 Å². The Labute approximate surface area is 222 Å². The van der Waals surface area contributed by atoms with Crippen LogP contribution in [0.2, 0.25) is 5.02 Å². The summed E-state index contributed by atoms with van der Waals surface area (Å²) in [6.45, 7) is 4.43. The summed E-state index contributed by atoms with van der Waals surface area (Å²) in [5, 5.41) is 14.2. The van der Waals surface area contributed by atoms with E-state index in [0.717, 1.165) is 17.8 Å². The first-order valence-corrected chi connectivity index (χ1v) is 12.4. The van der Waals surface area contributed by atoms with Gasteiger partial charge in [0.2, 0.25) is 0 Å². The van der Waals surface area contributed by atoms with Crippen LogP contribution in [-0.4, -0.2) is 44.0 Å². The summed E-state index contributed by atoms with van der Waals surface area (Å²) in [5.41, 5.74) is 1.84. The predicted molar refractivity (Wildman–Crippen MR) is 132 cm³/mol. The van der Waals surface area contributed by atoms with Crippen molar-refractivity contribution in [3.63, 3.8) is 0 Å². The molecule has 3 aromatic rings. The second-order valence-corrected chi connectivity index (χ2v) is 9.99. The number of carbonyl (C=O) groups is 2. The summed E-state index contributed by atoms with van der Waals surface area (Å²) in [7, 11) is 0. The molecule has 2 aliphatic rings. The Morgan fingerprint density at radius 3 is 2.68 bits per heavy atom. The first-order valence-electron chi connectivity index (χ1n) is 12.1. The zero-order valence-electron chi connectivity index (χ0n) is 20.6. The van der Waals surface area contributed by atoms with Gasteiger partial charge in [-0.3, -0.25) is 14.3 Å². The fourth-order valence-electron chi connectivity index (χ4n) is 5.14. The molecule has 2 aliphatic heterocycles. The maximum Gasteiger partial charge on any atom is 0.416 e. The third-order valence-electron chi connectivity index (χ3n) is 7.26. The molecule has 5 rings (SSSR count). The number of carbonyl (C=O) groups excluding carboxylic acids is 2. The number of amides is 2. The van der Waals surface area contributed by atoms with Crippen LogP contribution in [0.4, 0.5) is 13.2 Å². The number of hydrogen-bond donors (Lipinski definition) is 0. The number of alkyl halides is 3. The minimum absolute atomic E-state index is 0.146. The van der Waals surface area contributed by atoms with Gasteiger partial charge in [0, 0.05) is 30.1 Å². The van der Waals surface area contributed by atoms with Crippen LogP contribution < -0.4 is 0 Å². The lowest BCUT2D eigenvalue weighted by atomic mass is 9.96. The van der Waals surface area contributed by atoms with Crippen molar-refractivity contribution in [3.05, 3.63) is 86.7 Å². The number of fused-ring (bicyclic) bond motifs is 3. The highest BCUT2D eigenvalue weighted by molar-refractivity contribution is 6.31. The molecule has 196 valence electrons. The maximum absolute atomic E-state index is 13.7. The number of rotatable bonds is 3.